The van der Waals surface area contributed by atoms with E-state index in [4.69, 9.17) is 10.6 Å². The van der Waals surface area contributed by atoms with Crippen molar-refractivity contribution in [1.82, 2.24) is 24.7 Å². The first-order valence-electron chi connectivity index (χ1n) is 9.54. The summed E-state index contributed by atoms with van der Waals surface area (Å²) in [5.74, 6) is 7.22. The standard InChI is InChI=1S/C20H27N7O2S/c1-11-7-8-16(12(2)9-11)29-10-17-23-24-20(27(17)21)30-15(5)19(28)22-18-13(3)25-26(6)14(18)4/h7-9,15H,10,21H2,1-6H3,(H,22,28). The van der Waals surface area contributed by atoms with Gasteiger partial charge in [0.1, 0.15) is 12.4 Å². The maximum Gasteiger partial charge on any atom is 0.237 e. The summed E-state index contributed by atoms with van der Waals surface area (Å²) in [6, 6.07) is 5.96. The van der Waals surface area contributed by atoms with E-state index in [1.54, 1.807) is 11.6 Å². The Morgan fingerprint density at radius 1 is 1.27 bits per heavy atom. The molecule has 0 aliphatic rings. The monoisotopic (exact) mass is 429 g/mol. The number of aromatic nitrogens is 5. The third kappa shape index (κ3) is 4.59. The quantitative estimate of drug-likeness (QED) is 0.438. The van der Waals surface area contributed by atoms with Gasteiger partial charge < -0.3 is 15.9 Å². The smallest absolute Gasteiger partial charge is 0.237 e. The lowest BCUT2D eigenvalue weighted by Gasteiger charge is -2.12. The van der Waals surface area contributed by atoms with Gasteiger partial charge in [-0.25, -0.2) is 4.68 Å². The summed E-state index contributed by atoms with van der Waals surface area (Å²) in [4.78, 5) is 12.6. The van der Waals surface area contributed by atoms with Crippen molar-refractivity contribution in [1.29, 1.82) is 0 Å². The number of anilines is 1. The lowest BCUT2D eigenvalue weighted by Crippen LogP contribution is -2.24. The van der Waals surface area contributed by atoms with Crippen LogP contribution in [0.1, 0.15) is 35.3 Å². The number of nitrogens with two attached hydrogens (primary N) is 1. The molecule has 2 aromatic heterocycles. The molecule has 0 aliphatic heterocycles. The molecule has 3 N–H and O–H groups in total. The van der Waals surface area contributed by atoms with Crippen LogP contribution < -0.4 is 15.9 Å². The van der Waals surface area contributed by atoms with Crippen molar-refractivity contribution in [2.75, 3.05) is 11.2 Å². The zero-order chi connectivity index (χ0) is 22.0. The Hall–Kier alpha value is -3.01. The number of nitrogens with one attached hydrogen (secondary N) is 1. The minimum Gasteiger partial charge on any atom is -0.485 e. The van der Waals surface area contributed by atoms with Crippen molar-refractivity contribution in [3.8, 4) is 5.75 Å². The van der Waals surface area contributed by atoms with E-state index < -0.39 is 5.25 Å². The van der Waals surface area contributed by atoms with E-state index in [9.17, 15) is 4.79 Å². The fourth-order valence-corrected chi connectivity index (χ4v) is 3.77. The van der Waals surface area contributed by atoms with E-state index in [1.165, 1.54) is 22.0 Å². The van der Waals surface area contributed by atoms with E-state index in [1.807, 2.05) is 46.9 Å². The first-order chi connectivity index (χ1) is 14.2. The molecular weight excluding hydrogens is 402 g/mol. The van der Waals surface area contributed by atoms with Crippen molar-refractivity contribution in [2.24, 2.45) is 7.05 Å². The summed E-state index contributed by atoms with van der Waals surface area (Å²) < 4.78 is 8.93. The number of thioether (sulfide) groups is 1. The van der Waals surface area contributed by atoms with Crippen LogP contribution in [-0.2, 0) is 18.4 Å². The van der Waals surface area contributed by atoms with Crippen molar-refractivity contribution in [3.63, 3.8) is 0 Å². The normalized spacial score (nSPS) is 12.1. The Bertz CT molecular complexity index is 1070. The van der Waals surface area contributed by atoms with Gasteiger partial charge in [-0.15, -0.1) is 10.2 Å². The molecule has 9 nitrogen and oxygen atoms in total. The summed E-state index contributed by atoms with van der Waals surface area (Å²) in [6.45, 7) is 9.77. The van der Waals surface area contributed by atoms with Gasteiger partial charge in [-0.05, 0) is 46.2 Å². The molecule has 0 fully saturated rings. The van der Waals surface area contributed by atoms with E-state index in [2.05, 4.69) is 26.7 Å². The zero-order valence-electron chi connectivity index (χ0n) is 18.1. The fraction of sp³-hybridized carbons (Fsp3) is 0.400. The van der Waals surface area contributed by atoms with E-state index >= 15 is 0 Å². The van der Waals surface area contributed by atoms with Crippen LogP contribution in [0.3, 0.4) is 0 Å². The molecule has 0 saturated heterocycles. The van der Waals surface area contributed by atoms with Crippen LogP contribution in [0.4, 0.5) is 5.69 Å². The summed E-state index contributed by atoms with van der Waals surface area (Å²) in [5, 5.41) is 15.5. The summed E-state index contributed by atoms with van der Waals surface area (Å²) >= 11 is 1.23. The molecule has 30 heavy (non-hydrogen) atoms. The number of nitrogen functional groups attached to an aromatic ring is 1. The van der Waals surface area contributed by atoms with Crippen molar-refractivity contribution < 1.29 is 9.53 Å². The second kappa shape index (κ2) is 8.78. The highest BCUT2D eigenvalue weighted by Gasteiger charge is 2.22. The molecule has 0 bridgehead atoms. The number of nitrogens with zero attached hydrogens (tertiary/aromatic N) is 5. The number of carbonyl (C=O) groups excluding carboxylic acids is 1. The number of benzene rings is 1. The largest absolute Gasteiger partial charge is 0.485 e. The van der Waals surface area contributed by atoms with Gasteiger partial charge in [0.25, 0.3) is 0 Å². The molecule has 1 unspecified atom stereocenters. The Labute approximate surface area is 180 Å². The van der Waals surface area contributed by atoms with E-state index in [0.29, 0.717) is 11.0 Å². The third-order valence-corrected chi connectivity index (χ3v) is 5.89. The van der Waals surface area contributed by atoms with Crippen LogP contribution in [0, 0.1) is 27.7 Å². The van der Waals surface area contributed by atoms with Crippen LogP contribution >= 0.6 is 11.8 Å². The Morgan fingerprint density at radius 2 is 2.00 bits per heavy atom. The van der Waals surface area contributed by atoms with Crippen molar-refractivity contribution in [3.05, 3.63) is 46.5 Å². The van der Waals surface area contributed by atoms with Crippen LogP contribution in [0.2, 0.25) is 0 Å². The van der Waals surface area contributed by atoms with Gasteiger partial charge in [-0.3, -0.25) is 9.48 Å². The second-order valence-corrected chi connectivity index (χ2v) is 8.55. The van der Waals surface area contributed by atoms with Crippen LogP contribution in [0.25, 0.3) is 0 Å². The molecule has 1 aromatic carbocycles. The topological polar surface area (TPSA) is 113 Å². The van der Waals surface area contributed by atoms with Gasteiger partial charge in [0, 0.05) is 7.05 Å². The second-order valence-electron chi connectivity index (χ2n) is 7.25. The average molecular weight is 430 g/mol. The molecule has 160 valence electrons. The molecule has 3 aromatic rings. The lowest BCUT2D eigenvalue weighted by molar-refractivity contribution is -0.115. The highest BCUT2D eigenvalue weighted by atomic mass is 32.2. The Balaban J connectivity index is 1.63. The number of aryl methyl sites for hydroxylation is 4. The molecule has 2 heterocycles. The summed E-state index contributed by atoms with van der Waals surface area (Å²) in [7, 11) is 1.84. The number of carbonyl (C=O) groups is 1. The average Bonchev–Trinajstić information content (AvgIpc) is 3.15. The first-order valence-corrected chi connectivity index (χ1v) is 10.4. The number of ether oxygens (including phenoxy) is 1. The minimum atomic E-state index is -0.427. The summed E-state index contributed by atoms with van der Waals surface area (Å²) in [6.07, 6.45) is 0. The van der Waals surface area contributed by atoms with Crippen LogP contribution in [0.5, 0.6) is 5.75 Å². The van der Waals surface area contributed by atoms with E-state index in [0.717, 1.165) is 28.4 Å². The highest BCUT2D eigenvalue weighted by Crippen LogP contribution is 2.25. The van der Waals surface area contributed by atoms with Gasteiger partial charge in [-0.1, -0.05) is 29.5 Å². The Morgan fingerprint density at radius 3 is 2.63 bits per heavy atom. The molecule has 0 aliphatic carbocycles. The van der Waals surface area contributed by atoms with Crippen molar-refractivity contribution >= 4 is 23.4 Å². The SMILES string of the molecule is Cc1ccc(OCc2nnc(SC(C)C(=O)Nc3c(C)nn(C)c3C)n2N)c(C)c1. The third-order valence-electron chi connectivity index (χ3n) is 4.83. The number of hydrogen-bond donors (Lipinski definition) is 2. The van der Waals surface area contributed by atoms with Crippen LogP contribution in [0.15, 0.2) is 23.4 Å². The van der Waals surface area contributed by atoms with Crippen LogP contribution in [-0.4, -0.2) is 35.8 Å². The zero-order valence-corrected chi connectivity index (χ0v) is 18.9. The lowest BCUT2D eigenvalue weighted by atomic mass is 10.1. The predicted molar refractivity (Wildman–Crippen MR) is 117 cm³/mol. The molecular formula is C20H27N7O2S. The fourth-order valence-electron chi connectivity index (χ4n) is 2.98. The van der Waals surface area contributed by atoms with Gasteiger partial charge in [-0.2, -0.15) is 5.10 Å². The first kappa shape index (κ1) is 21.7. The van der Waals surface area contributed by atoms with E-state index in [-0.39, 0.29) is 12.5 Å². The number of hydrogen-bond acceptors (Lipinski definition) is 7. The molecule has 0 radical (unpaired) electrons. The molecule has 1 amide bonds. The molecule has 1 atom stereocenters. The molecule has 0 spiro atoms. The number of amides is 1. The predicted octanol–water partition coefficient (Wildman–Crippen LogP) is 2.66. The molecule has 10 heteroatoms. The van der Waals surface area contributed by atoms with Gasteiger partial charge in [0.05, 0.1) is 22.3 Å². The Kier molecular flexibility index (Phi) is 6.35. The maximum absolute atomic E-state index is 12.6. The molecule has 3 rings (SSSR count). The summed E-state index contributed by atoms with van der Waals surface area (Å²) in [5.41, 5.74) is 4.61. The van der Waals surface area contributed by atoms with Gasteiger partial charge in [0.15, 0.2) is 5.82 Å². The molecule has 0 saturated carbocycles. The number of rotatable bonds is 7. The maximum atomic E-state index is 12.6. The van der Waals surface area contributed by atoms with Gasteiger partial charge >= 0.3 is 0 Å². The van der Waals surface area contributed by atoms with Gasteiger partial charge in [0.2, 0.25) is 11.1 Å². The highest BCUT2D eigenvalue weighted by molar-refractivity contribution is 8.00. The minimum absolute atomic E-state index is 0.157. The van der Waals surface area contributed by atoms with Crippen molar-refractivity contribution in [2.45, 2.75) is 51.6 Å².